The number of guanidine groups is 3. The van der Waals surface area contributed by atoms with Crippen molar-refractivity contribution < 1.29 is 43.5 Å². The fourth-order valence-corrected chi connectivity index (χ4v) is 8.29. The maximum Gasteiger partial charge on any atom is 0.326 e. The Hall–Kier alpha value is -8.60. The summed E-state index contributed by atoms with van der Waals surface area (Å²) in [6, 6.07) is 4.84. The van der Waals surface area contributed by atoms with Gasteiger partial charge in [0.25, 0.3) is 0 Å². The SMILES string of the molecule is NC(=O)CC[C@H](NC(=O)[C@H](CCCN=C(N)N)NC(=O)[C@H](CS)NC(=O)[C@H](Cc1c[nH]c2ccccc12)NC(=O)[C@H](Cc1c[nH]c2ccccc12)NC(=O)[C@H](CCCN=C(N)N)NC(=O)[C@@H](N)CCCN=C(N)N)C(=O)O. The first-order valence-corrected chi connectivity index (χ1v) is 25.3. The number of hydrogen-bond donors (Lipinski definition) is 18. The highest BCUT2D eigenvalue weighted by Crippen LogP contribution is 2.22. The molecule has 2 aromatic carbocycles. The normalized spacial score (nSPS) is 13.7. The molecular weight excluding hydrogens is 1020 g/mol. The van der Waals surface area contributed by atoms with Gasteiger partial charge in [-0.25, -0.2) is 4.79 Å². The van der Waals surface area contributed by atoms with Crippen molar-refractivity contribution in [1.82, 2.24) is 41.9 Å². The van der Waals surface area contributed by atoms with Gasteiger partial charge in [-0.3, -0.25) is 48.5 Å². The third-order valence-corrected chi connectivity index (χ3v) is 12.4. The molecule has 28 nitrogen and oxygen atoms in total. The molecule has 4 aromatic rings. The Labute approximate surface area is 448 Å². The van der Waals surface area contributed by atoms with Crippen molar-refractivity contribution in [2.45, 2.75) is 107 Å². The summed E-state index contributed by atoms with van der Waals surface area (Å²) in [5, 5.41) is 27.0. The van der Waals surface area contributed by atoms with Crippen LogP contribution in [0.1, 0.15) is 62.5 Å². The van der Waals surface area contributed by atoms with Crippen LogP contribution < -0.4 is 77.8 Å². The minimum Gasteiger partial charge on any atom is -0.480 e. The zero-order chi connectivity index (χ0) is 56.6. The van der Waals surface area contributed by atoms with E-state index in [1.807, 2.05) is 24.3 Å². The summed E-state index contributed by atoms with van der Waals surface area (Å²) in [5.41, 5.74) is 46.9. The third-order valence-electron chi connectivity index (χ3n) is 12.0. The number of carbonyl (C=O) groups is 8. The highest BCUT2D eigenvalue weighted by molar-refractivity contribution is 7.80. The number of nitrogens with two attached hydrogens (primary N) is 8. The van der Waals surface area contributed by atoms with Gasteiger partial charge in [0.15, 0.2) is 17.9 Å². The van der Waals surface area contributed by atoms with E-state index in [0.29, 0.717) is 22.9 Å². The number of aliphatic carboxylic acids is 1. The molecule has 0 aliphatic heterocycles. The van der Waals surface area contributed by atoms with E-state index in [9.17, 15) is 43.5 Å². The summed E-state index contributed by atoms with van der Waals surface area (Å²) >= 11 is 4.33. The quantitative estimate of drug-likeness (QED) is 0.00939. The summed E-state index contributed by atoms with van der Waals surface area (Å²) < 4.78 is 0. The molecule has 0 saturated heterocycles. The molecule has 77 heavy (non-hydrogen) atoms. The molecule has 418 valence electrons. The molecule has 7 amide bonds. The van der Waals surface area contributed by atoms with Crippen LogP contribution in [0.4, 0.5) is 0 Å². The van der Waals surface area contributed by atoms with E-state index in [2.05, 4.69) is 69.5 Å². The summed E-state index contributed by atoms with van der Waals surface area (Å²) in [6.07, 6.45) is 3.10. The standard InChI is InChI=1S/C48H71N19O9S/c49-29(10-5-17-57-46(51)52)39(69)62-32(13-6-18-58-47(53)54)41(71)65-35(20-25-22-60-30-11-3-1-8-27(25)30)42(72)66-36(21-26-23-61-31-12-4-2-9-28(26)31)43(73)67-37(24-77)44(74)63-33(14-7-19-59-48(55)56)40(70)64-34(45(75)76)15-16-38(50)68/h1-4,8-9,11-12,22-23,29,32-37,60-61,77H,5-7,10,13-21,24,49H2,(H2,50,68)(H,62,69)(H,63,74)(H,64,70)(H,65,71)(H,66,72)(H,67,73)(H,75,76)(H4,51,52,57)(H4,53,54,58)(H4,55,56,59)/t29-,32-,33-,34-,35-,36-,37-/m0/s1. The van der Waals surface area contributed by atoms with Gasteiger partial charge >= 0.3 is 5.97 Å². The smallest absolute Gasteiger partial charge is 0.326 e. The van der Waals surface area contributed by atoms with Gasteiger partial charge < -0.3 is 92.8 Å². The molecular formula is C48H71N19O9S. The lowest BCUT2D eigenvalue weighted by Crippen LogP contribution is -2.60. The molecule has 0 radical (unpaired) electrons. The number of carboxylic acids is 1. The number of H-pyrrole nitrogens is 2. The number of thiol groups is 1. The van der Waals surface area contributed by atoms with E-state index in [-0.39, 0.29) is 101 Å². The molecule has 25 N–H and O–H groups in total. The summed E-state index contributed by atoms with van der Waals surface area (Å²) in [5.74, 6) is -8.15. The van der Waals surface area contributed by atoms with E-state index in [1.165, 1.54) is 0 Å². The Kier molecular flexibility index (Phi) is 24.3. The Balaban J connectivity index is 1.68. The van der Waals surface area contributed by atoms with Crippen LogP contribution in [0.3, 0.4) is 0 Å². The van der Waals surface area contributed by atoms with Gasteiger partial charge in [-0.05, 0) is 68.2 Å². The Morgan fingerprint density at radius 1 is 0.494 bits per heavy atom. The fraction of sp³-hybridized carbons (Fsp3) is 0.438. The molecule has 0 aliphatic rings. The topological polar surface area (TPSA) is 506 Å². The van der Waals surface area contributed by atoms with Crippen LogP contribution in [0.15, 0.2) is 75.9 Å². The molecule has 0 unspecified atom stereocenters. The number of aliphatic imine (C=N–C) groups is 3. The number of amides is 7. The lowest BCUT2D eigenvalue weighted by atomic mass is 10.0. The molecule has 0 bridgehead atoms. The van der Waals surface area contributed by atoms with Gasteiger partial charge in [-0.1, -0.05) is 36.4 Å². The van der Waals surface area contributed by atoms with E-state index >= 15 is 0 Å². The monoisotopic (exact) mass is 1090 g/mol. The minimum absolute atomic E-state index is 0.00346. The van der Waals surface area contributed by atoms with Crippen LogP contribution in [0.25, 0.3) is 21.8 Å². The average molecular weight is 1090 g/mol. The first-order chi connectivity index (χ1) is 36.7. The Morgan fingerprint density at radius 3 is 1.27 bits per heavy atom. The second-order valence-corrected chi connectivity index (χ2v) is 18.3. The van der Waals surface area contributed by atoms with Gasteiger partial charge in [0.1, 0.15) is 36.3 Å². The lowest BCUT2D eigenvalue weighted by molar-refractivity contribution is -0.142. The van der Waals surface area contributed by atoms with E-state index in [4.69, 9.17) is 45.9 Å². The number of aromatic nitrogens is 2. The van der Waals surface area contributed by atoms with Crippen molar-refractivity contribution >= 4 is 99.6 Å². The predicted molar refractivity (Wildman–Crippen MR) is 293 cm³/mol. The van der Waals surface area contributed by atoms with Gasteiger partial charge in [0.2, 0.25) is 41.4 Å². The Bertz CT molecular complexity index is 2770. The molecule has 2 heterocycles. The van der Waals surface area contributed by atoms with Gasteiger partial charge in [-0.15, -0.1) is 0 Å². The van der Waals surface area contributed by atoms with E-state index < -0.39 is 89.6 Å². The van der Waals surface area contributed by atoms with Crippen molar-refractivity contribution in [3.05, 3.63) is 72.1 Å². The van der Waals surface area contributed by atoms with Crippen molar-refractivity contribution in [3.8, 4) is 0 Å². The number of carbonyl (C=O) groups excluding carboxylic acids is 7. The summed E-state index contributed by atoms with van der Waals surface area (Å²) in [4.78, 5) is 127. The summed E-state index contributed by atoms with van der Waals surface area (Å²) in [7, 11) is 0. The first kappa shape index (κ1) is 61.0. The molecule has 2 aromatic heterocycles. The van der Waals surface area contributed by atoms with Crippen LogP contribution in [-0.4, -0.2) is 148 Å². The largest absolute Gasteiger partial charge is 0.480 e. The highest BCUT2D eigenvalue weighted by atomic mass is 32.1. The molecule has 0 saturated carbocycles. The van der Waals surface area contributed by atoms with Crippen molar-refractivity contribution in [2.24, 2.45) is 60.8 Å². The number of benzene rings is 2. The molecule has 0 fully saturated rings. The van der Waals surface area contributed by atoms with Gasteiger partial charge in [-0.2, -0.15) is 12.6 Å². The molecule has 4 rings (SSSR count). The first-order valence-electron chi connectivity index (χ1n) is 24.6. The molecule has 0 spiro atoms. The minimum atomic E-state index is -1.55. The van der Waals surface area contributed by atoms with Crippen LogP contribution in [0.2, 0.25) is 0 Å². The highest BCUT2D eigenvalue weighted by Gasteiger charge is 2.34. The Morgan fingerprint density at radius 2 is 0.857 bits per heavy atom. The number of para-hydroxylation sites is 2. The molecule has 0 aliphatic carbocycles. The second-order valence-electron chi connectivity index (χ2n) is 18.0. The number of aromatic amines is 2. The van der Waals surface area contributed by atoms with Crippen LogP contribution in [0, 0.1) is 0 Å². The number of rotatable bonds is 33. The second kappa shape index (κ2) is 30.7. The number of hydrogen-bond acceptors (Lipinski definition) is 13. The van der Waals surface area contributed by atoms with Gasteiger partial charge in [0, 0.05) is 78.8 Å². The van der Waals surface area contributed by atoms with Crippen molar-refractivity contribution in [3.63, 3.8) is 0 Å². The predicted octanol–water partition coefficient (Wildman–Crippen LogP) is -3.89. The zero-order valence-corrected chi connectivity index (χ0v) is 43.2. The lowest BCUT2D eigenvalue weighted by Gasteiger charge is -2.27. The number of nitrogens with one attached hydrogen (secondary N) is 8. The zero-order valence-electron chi connectivity index (χ0n) is 42.3. The summed E-state index contributed by atoms with van der Waals surface area (Å²) in [6.45, 7) is 0.332. The molecule has 29 heteroatoms. The van der Waals surface area contributed by atoms with Crippen molar-refractivity contribution in [2.75, 3.05) is 25.4 Å². The van der Waals surface area contributed by atoms with E-state index in [0.717, 1.165) is 16.4 Å². The van der Waals surface area contributed by atoms with Crippen LogP contribution in [0.5, 0.6) is 0 Å². The number of nitrogens with zero attached hydrogens (tertiary/aromatic N) is 3. The van der Waals surface area contributed by atoms with Crippen LogP contribution in [-0.2, 0) is 51.2 Å². The number of carboxylic acid groups (broad SMARTS) is 1. The maximum absolute atomic E-state index is 14.9. The fourth-order valence-electron chi connectivity index (χ4n) is 8.03. The van der Waals surface area contributed by atoms with Crippen molar-refractivity contribution in [1.29, 1.82) is 0 Å². The number of fused-ring (bicyclic) bond motifs is 2. The average Bonchev–Trinajstić information content (AvgIpc) is 4.00. The van der Waals surface area contributed by atoms with Gasteiger partial charge in [0.05, 0.1) is 6.04 Å². The number of primary amides is 1. The third kappa shape index (κ3) is 20.2. The maximum atomic E-state index is 14.9. The van der Waals surface area contributed by atoms with Crippen LogP contribution >= 0.6 is 12.6 Å². The van der Waals surface area contributed by atoms with E-state index in [1.54, 1.807) is 36.7 Å². The molecule has 7 atom stereocenters.